The summed E-state index contributed by atoms with van der Waals surface area (Å²) in [5.41, 5.74) is 1.22. The van der Waals surface area contributed by atoms with E-state index in [0.717, 1.165) is 11.6 Å². The van der Waals surface area contributed by atoms with Gasteiger partial charge in [-0.1, -0.05) is 39.0 Å². The van der Waals surface area contributed by atoms with E-state index in [0.29, 0.717) is 17.9 Å². The Morgan fingerprint density at radius 2 is 1.86 bits per heavy atom. The molecular formula is C22H26FNO4Si. The third-order valence-corrected chi connectivity index (χ3v) is 10.2. The number of nitrogens with zero attached hydrogens (tertiary/aromatic N) is 1. The second kappa shape index (κ2) is 7.30. The van der Waals surface area contributed by atoms with E-state index >= 15 is 0 Å². The van der Waals surface area contributed by atoms with Crippen molar-refractivity contribution in [3.05, 3.63) is 64.5 Å². The van der Waals surface area contributed by atoms with Gasteiger partial charge < -0.3 is 14.4 Å². The van der Waals surface area contributed by atoms with Crippen LogP contribution in [-0.2, 0) is 13.1 Å². The van der Waals surface area contributed by atoms with Crippen molar-refractivity contribution in [1.82, 2.24) is 4.90 Å². The number of rotatable bonds is 5. The average Bonchev–Trinajstić information content (AvgIpc) is 2.92. The van der Waals surface area contributed by atoms with Crippen molar-refractivity contribution >= 4 is 20.2 Å². The first kappa shape index (κ1) is 21.0. The van der Waals surface area contributed by atoms with Crippen molar-refractivity contribution in [3.63, 3.8) is 0 Å². The zero-order valence-electron chi connectivity index (χ0n) is 17.4. The van der Waals surface area contributed by atoms with Gasteiger partial charge in [0.1, 0.15) is 17.1 Å². The van der Waals surface area contributed by atoms with Crippen molar-refractivity contribution < 1.29 is 23.5 Å². The summed E-state index contributed by atoms with van der Waals surface area (Å²) >= 11 is 0. The monoisotopic (exact) mass is 415 g/mol. The molecule has 1 aliphatic heterocycles. The SMILES string of the molecule is CC(C)(C)[Si](C)(C)Oc1ccc(F)c(C(=O)O)c1CN1Cc2ccccc2C1=O. The number of hydrogen-bond acceptors (Lipinski definition) is 3. The van der Waals surface area contributed by atoms with Gasteiger partial charge in [0.2, 0.25) is 8.32 Å². The number of carboxylic acids is 1. The van der Waals surface area contributed by atoms with Crippen LogP contribution in [-0.4, -0.2) is 30.2 Å². The summed E-state index contributed by atoms with van der Waals surface area (Å²) in [7, 11) is -2.31. The first-order valence-corrected chi connectivity index (χ1v) is 12.4. The second-order valence-electron chi connectivity index (χ2n) is 8.88. The molecule has 0 unspecified atom stereocenters. The highest BCUT2D eigenvalue weighted by Crippen LogP contribution is 2.39. The molecule has 2 aromatic rings. The number of carbonyl (C=O) groups is 2. The molecule has 0 radical (unpaired) electrons. The molecule has 7 heteroatoms. The van der Waals surface area contributed by atoms with E-state index in [1.807, 2.05) is 25.2 Å². The normalized spacial score (nSPS) is 14.1. The van der Waals surface area contributed by atoms with Crippen molar-refractivity contribution in [2.24, 2.45) is 0 Å². The Morgan fingerprint density at radius 3 is 2.45 bits per heavy atom. The molecule has 0 saturated carbocycles. The van der Waals surface area contributed by atoms with Crippen LogP contribution in [0.2, 0.25) is 18.1 Å². The summed E-state index contributed by atoms with van der Waals surface area (Å²) in [5.74, 6) is -2.07. The van der Waals surface area contributed by atoms with Gasteiger partial charge in [-0.15, -0.1) is 0 Å². The van der Waals surface area contributed by atoms with Gasteiger partial charge in [-0.25, -0.2) is 9.18 Å². The molecule has 0 fully saturated rings. The highest BCUT2D eigenvalue weighted by molar-refractivity contribution is 6.74. The average molecular weight is 416 g/mol. The molecule has 0 atom stereocenters. The lowest BCUT2D eigenvalue weighted by molar-refractivity contribution is 0.0680. The van der Waals surface area contributed by atoms with Gasteiger partial charge in [-0.2, -0.15) is 0 Å². The third kappa shape index (κ3) is 3.92. The maximum atomic E-state index is 14.5. The number of carbonyl (C=O) groups excluding carboxylic acids is 1. The van der Waals surface area contributed by atoms with Crippen LogP contribution in [0.1, 0.15) is 52.6 Å². The highest BCUT2D eigenvalue weighted by atomic mass is 28.4. The van der Waals surface area contributed by atoms with Crippen LogP contribution in [0.5, 0.6) is 5.75 Å². The Bertz CT molecular complexity index is 981. The van der Waals surface area contributed by atoms with Crippen molar-refractivity contribution in [3.8, 4) is 5.75 Å². The summed E-state index contributed by atoms with van der Waals surface area (Å²) in [6.07, 6.45) is 0. The van der Waals surface area contributed by atoms with E-state index in [4.69, 9.17) is 4.43 Å². The van der Waals surface area contributed by atoms with E-state index in [2.05, 4.69) is 20.8 Å². The smallest absolute Gasteiger partial charge is 0.339 e. The lowest BCUT2D eigenvalue weighted by Crippen LogP contribution is -2.44. The molecule has 0 saturated heterocycles. The van der Waals surface area contributed by atoms with Crippen LogP contribution < -0.4 is 4.43 Å². The number of hydrogen-bond donors (Lipinski definition) is 1. The molecule has 1 N–H and O–H groups in total. The lowest BCUT2D eigenvalue weighted by atomic mass is 10.0. The van der Waals surface area contributed by atoms with Crippen LogP contribution in [0.4, 0.5) is 4.39 Å². The minimum atomic E-state index is -2.31. The van der Waals surface area contributed by atoms with Crippen LogP contribution in [0.3, 0.4) is 0 Å². The third-order valence-electron chi connectivity index (χ3n) is 5.85. The zero-order valence-corrected chi connectivity index (χ0v) is 18.4. The van der Waals surface area contributed by atoms with Gasteiger partial charge in [0.05, 0.1) is 6.54 Å². The van der Waals surface area contributed by atoms with E-state index in [1.165, 1.54) is 11.0 Å². The first-order chi connectivity index (χ1) is 13.4. The number of benzene rings is 2. The number of halogens is 1. The molecule has 1 amide bonds. The van der Waals surface area contributed by atoms with Crippen LogP contribution in [0.15, 0.2) is 36.4 Å². The fourth-order valence-corrected chi connectivity index (χ4v) is 4.19. The quantitative estimate of drug-likeness (QED) is 0.693. The summed E-state index contributed by atoms with van der Waals surface area (Å²) in [6, 6.07) is 9.85. The number of amides is 1. The van der Waals surface area contributed by atoms with Crippen LogP contribution in [0.25, 0.3) is 0 Å². The Morgan fingerprint density at radius 1 is 1.21 bits per heavy atom. The number of fused-ring (bicyclic) bond motifs is 1. The van der Waals surface area contributed by atoms with E-state index < -0.39 is 25.7 Å². The largest absolute Gasteiger partial charge is 0.543 e. The fourth-order valence-electron chi connectivity index (χ4n) is 3.15. The molecule has 2 aromatic carbocycles. The molecule has 3 rings (SSSR count). The van der Waals surface area contributed by atoms with Gasteiger partial charge in [-0.3, -0.25) is 4.79 Å². The summed E-state index contributed by atoms with van der Waals surface area (Å²) in [6.45, 7) is 10.6. The molecule has 0 spiro atoms. The van der Waals surface area contributed by atoms with Crippen molar-refractivity contribution in [1.29, 1.82) is 0 Å². The first-order valence-electron chi connectivity index (χ1n) is 9.53. The number of aromatic carboxylic acids is 1. The Labute approximate surface area is 171 Å². The van der Waals surface area contributed by atoms with Crippen LogP contribution in [0, 0.1) is 5.82 Å². The van der Waals surface area contributed by atoms with Gasteiger partial charge in [0.25, 0.3) is 5.91 Å². The number of carboxylic acid groups (broad SMARTS) is 1. The van der Waals surface area contributed by atoms with Crippen molar-refractivity contribution in [2.75, 3.05) is 0 Å². The Hall–Kier alpha value is -2.67. The summed E-state index contributed by atoms with van der Waals surface area (Å²) < 4.78 is 20.8. The molecule has 0 aromatic heterocycles. The van der Waals surface area contributed by atoms with Crippen LogP contribution >= 0.6 is 0 Å². The maximum absolute atomic E-state index is 14.5. The van der Waals surface area contributed by atoms with Gasteiger partial charge in [-0.05, 0) is 41.9 Å². The van der Waals surface area contributed by atoms with E-state index in [-0.39, 0.29) is 23.1 Å². The molecule has 0 bridgehead atoms. The molecule has 29 heavy (non-hydrogen) atoms. The maximum Gasteiger partial charge on any atom is 0.339 e. The molecule has 1 aliphatic rings. The topological polar surface area (TPSA) is 66.8 Å². The molecule has 154 valence electrons. The Balaban J connectivity index is 2.04. The van der Waals surface area contributed by atoms with Gasteiger partial charge in [0.15, 0.2) is 0 Å². The van der Waals surface area contributed by atoms with Crippen molar-refractivity contribution in [2.45, 2.75) is 52.0 Å². The highest BCUT2D eigenvalue weighted by Gasteiger charge is 2.40. The van der Waals surface area contributed by atoms with Gasteiger partial charge in [0, 0.05) is 17.7 Å². The van der Waals surface area contributed by atoms with Gasteiger partial charge >= 0.3 is 5.97 Å². The predicted molar refractivity (Wildman–Crippen MR) is 111 cm³/mol. The lowest BCUT2D eigenvalue weighted by Gasteiger charge is -2.37. The predicted octanol–water partition coefficient (Wildman–Crippen LogP) is 5.06. The molecule has 0 aliphatic carbocycles. The summed E-state index contributed by atoms with van der Waals surface area (Å²) in [5, 5.41) is 9.53. The molecule has 5 nitrogen and oxygen atoms in total. The Kier molecular flexibility index (Phi) is 5.29. The second-order valence-corrected chi connectivity index (χ2v) is 13.6. The van der Waals surface area contributed by atoms with E-state index in [1.54, 1.807) is 12.1 Å². The standard InChI is InChI=1S/C22H26FNO4Si/c1-22(2,3)29(4,5)28-18-11-10-17(23)19(21(26)27)16(18)13-24-12-14-8-6-7-9-15(14)20(24)25/h6-11H,12-13H2,1-5H3,(H,26,27). The minimum absolute atomic E-state index is 0.0309. The molecular weight excluding hydrogens is 389 g/mol. The minimum Gasteiger partial charge on any atom is -0.543 e. The fraction of sp³-hybridized carbons (Fsp3) is 0.364. The zero-order chi connectivity index (χ0) is 21.6. The summed E-state index contributed by atoms with van der Waals surface area (Å²) in [4.78, 5) is 26.2. The van der Waals surface area contributed by atoms with E-state index in [9.17, 15) is 19.1 Å². The molecule has 1 heterocycles.